The van der Waals surface area contributed by atoms with E-state index in [4.69, 9.17) is 0 Å². The van der Waals surface area contributed by atoms with Gasteiger partial charge in [0.15, 0.2) is 0 Å². The van der Waals surface area contributed by atoms with Crippen LogP contribution in [0, 0.1) is 10.8 Å². The molecule has 4 atom stereocenters. The monoisotopic (exact) mass is 230 g/mol. The third-order valence-electron chi connectivity index (χ3n) is 5.11. The maximum Gasteiger partial charge on any atom is 0.115 e. The van der Waals surface area contributed by atoms with E-state index in [2.05, 4.69) is 12.2 Å². The van der Waals surface area contributed by atoms with Crippen LogP contribution >= 0.6 is 0 Å². The third kappa shape index (κ3) is 0.875. The molecular formula is C13H14N2O2. The minimum atomic E-state index is 0.142. The molecule has 1 N–H and O–H groups in total. The van der Waals surface area contributed by atoms with Gasteiger partial charge in [0.05, 0.1) is 17.4 Å². The molecule has 1 aromatic carbocycles. The largest absolute Gasteiger partial charge is 0.508 e. The van der Waals surface area contributed by atoms with Gasteiger partial charge in [-0.3, -0.25) is 5.01 Å². The van der Waals surface area contributed by atoms with Gasteiger partial charge in [0.2, 0.25) is 0 Å². The summed E-state index contributed by atoms with van der Waals surface area (Å²) in [5, 5.41) is 14.5. The van der Waals surface area contributed by atoms with Crippen LogP contribution in [0.4, 0.5) is 0 Å². The number of nitrogens with zero attached hydrogens (tertiary/aromatic N) is 2. The SMILES string of the molecule is CC12CC3C1C(Cc1ccc(O)cc12)N3N=O. The molecule has 17 heavy (non-hydrogen) atoms. The maximum atomic E-state index is 10.8. The summed E-state index contributed by atoms with van der Waals surface area (Å²) in [6.45, 7) is 2.25. The lowest BCUT2D eigenvalue weighted by molar-refractivity contribution is -0.183. The van der Waals surface area contributed by atoms with Crippen LogP contribution in [0.3, 0.4) is 0 Å². The average Bonchev–Trinajstić information content (AvgIpc) is 2.27. The Hall–Kier alpha value is -1.58. The zero-order valence-electron chi connectivity index (χ0n) is 9.63. The molecule has 0 radical (unpaired) electrons. The van der Waals surface area contributed by atoms with E-state index in [0.29, 0.717) is 17.7 Å². The van der Waals surface area contributed by atoms with Gasteiger partial charge >= 0.3 is 0 Å². The van der Waals surface area contributed by atoms with E-state index in [9.17, 15) is 10.0 Å². The number of benzene rings is 1. The number of rotatable bonds is 1. The molecule has 0 aromatic heterocycles. The van der Waals surface area contributed by atoms with Crippen molar-refractivity contribution in [1.82, 2.24) is 5.01 Å². The van der Waals surface area contributed by atoms with Gasteiger partial charge in [0, 0.05) is 11.3 Å². The Morgan fingerprint density at radius 3 is 3.06 bits per heavy atom. The molecule has 0 amide bonds. The minimum Gasteiger partial charge on any atom is -0.508 e. The highest BCUT2D eigenvalue weighted by Crippen LogP contribution is 2.63. The number of fused-ring (bicyclic) bond motifs is 2. The van der Waals surface area contributed by atoms with Crippen LogP contribution in [0.15, 0.2) is 23.5 Å². The first-order valence-electron chi connectivity index (χ1n) is 6.09. The molecule has 1 saturated carbocycles. The van der Waals surface area contributed by atoms with Crippen molar-refractivity contribution >= 4 is 0 Å². The number of phenols is 1. The summed E-state index contributed by atoms with van der Waals surface area (Å²) in [4.78, 5) is 10.8. The topological polar surface area (TPSA) is 52.9 Å². The van der Waals surface area contributed by atoms with Gasteiger partial charge < -0.3 is 5.11 Å². The predicted molar refractivity (Wildman–Crippen MR) is 62.5 cm³/mol. The van der Waals surface area contributed by atoms with Gasteiger partial charge in [-0.25, -0.2) is 0 Å². The minimum absolute atomic E-state index is 0.142. The lowest BCUT2D eigenvalue weighted by atomic mass is 9.44. The number of hydrogen-bond acceptors (Lipinski definition) is 3. The summed E-state index contributed by atoms with van der Waals surface area (Å²) in [5.74, 6) is 0.895. The number of hydrogen-bond donors (Lipinski definition) is 1. The zero-order chi connectivity index (χ0) is 11.8. The molecule has 88 valence electrons. The molecule has 2 aliphatic carbocycles. The number of aromatic hydroxyl groups is 1. The van der Waals surface area contributed by atoms with Crippen molar-refractivity contribution in [2.75, 3.05) is 0 Å². The van der Waals surface area contributed by atoms with Crippen LogP contribution in [0.2, 0.25) is 0 Å². The van der Waals surface area contributed by atoms with Crippen molar-refractivity contribution < 1.29 is 5.11 Å². The summed E-state index contributed by atoms with van der Waals surface area (Å²) >= 11 is 0. The summed E-state index contributed by atoms with van der Waals surface area (Å²) < 4.78 is 0. The number of piperidine rings is 1. The summed E-state index contributed by atoms with van der Waals surface area (Å²) in [7, 11) is 0. The average molecular weight is 230 g/mol. The molecule has 4 unspecified atom stereocenters. The Kier molecular flexibility index (Phi) is 1.46. The van der Waals surface area contributed by atoms with Gasteiger partial charge in [-0.2, -0.15) is 0 Å². The van der Waals surface area contributed by atoms with Crippen LogP contribution in [0.5, 0.6) is 5.75 Å². The first-order chi connectivity index (χ1) is 8.15. The number of phenolic OH excluding ortho intramolecular Hbond substituents is 1. The van der Waals surface area contributed by atoms with Crippen molar-refractivity contribution in [3.63, 3.8) is 0 Å². The summed E-state index contributed by atoms with van der Waals surface area (Å²) in [5.41, 5.74) is 2.68. The molecule has 4 rings (SSSR count). The Labute approximate surface area is 99.2 Å². The highest BCUT2D eigenvalue weighted by molar-refractivity contribution is 5.48. The van der Waals surface area contributed by atoms with Gasteiger partial charge in [0.25, 0.3) is 0 Å². The predicted octanol–water partition coefficient (Wildman–Crippen LogP) is 1.96. The van der Waals surface area contributed by atoms with E-state index in [1.54, 1.807) is 11.1 Å². The molecule has 1 heterocycles. The highest BCUT2D eigenvalue weighted by atomic mass is 16.3. The Bertz CT molecular complexity index is 530. The quantitative estimate of drug-likeness (QED) is 0.750. The van der Waals surface area contributed by atoms with Crippen LogP contribution in [-0.4, -0.2) is 22.2 Å². The third-order valence-corrected chi connectivity index (χ3v) is 5.11. The second-order valence-electron chi connectivity index (χ2n) is 5.79. The van der Waals surface area contributed by atoms with E-state index in [1.165, 1.54) is 11.1 Å². The van der Waals surface area contributed by atoms with Crippen molar-refractivity contribution in [1.29, 1.82) is 0 Å². The van der Waals surface area contributed by atoms with Gasteiger partial charge in [-0.1, -0.05) is 13.0 Å². The van der Waals surface area contributed by atoms with Gasteiger partial charge in [0.1, 0.15) is 5.75 Å². The Morgan fingerprint density at radius 1 is 1.47 bits per heavy atom. The molecule has 2 fully saturated rings. The fourth-order valence-electron chi connectivity index (χ4n) is 4.34. The summed E-state index contributed by atoms with van der Waals surface area (Å²) in [6, 6.07) is 6.25. The van der Waals surface area contributed by atoms with E-state index in [-0.39, 0.29) is 11.5 Å². The molecular weight excluding hydrogens is 216 g/mol. The van der Waals surface area contributed by atoms with Crippen LogP contribution in [0.25, 0.3) is 0 Å². The zero-order valence-corrected chi connectivity index (χ0v) is 9.63. The fraction of sp³-hybridized carbons (Fsp3) is 0.538. The van der Waals surface area contributed by atoms with Crippen molar-refractivity contribution in [3.8, 4) is 5.75 Å². The van der Waals surface area contributed by atoms with Crippen LogP contribution in [-0.2, 0) is 11.8 Å². The first kappa shape index (κ1) is 9.45. The second kappa shape index (κ2) is 2.63. The molecule has 1 aliphatic heterocycles. The summed E-state index contributed by atoms with van der Waals surface area (Å²) in [6.07, 6.45) is 1.87. The van der Waals surface area contributed by atoms with Crippen LogP contribution in [0.1, 0.15) is 24.5 Å². The first-order valence-corrected chi connectivity index (χ1v) is 6.09. The van der Waals surface area contributed by atoms with E-state index < -0.39 is 0 Å². The number of nitroso groups, excluding NO2 is 1. The van der Waals surface area contributed by atoms with Crippen molar-refractivity contribution in [2.24, 2.45) is 11.2 Å². The smallest absolute Gasteiger partial charge is 0.115 e. The lowest BCUT2D eigenvalue weighted by Crippen LogP contribution is -2.78. The molecule has 0 bridgehead atoms. The van der Waals surface area contributed by atoms with E-state index in [0.717, 1.165) is 12.8 Å². The van der Waals surface area contributed by atoms with Gasteiger partial charge in [-0.05, 0) is 36.1 Å². The fourth-order valence-corrected chi connectivity index (χ4v) is 4.34. The van der Waals surface area contributed by atoms with Gasteiger partial charge in [-0.15, -0.1) is 4.91 Å². The molecule has 3 aliphatic rings. The van der Waals surface area contributed by atoms with E-state index >= 15 is 0 Å². The molecule has 1 aromatic rings. The Morgan fingerprint density at radius 2 is 2.29 bits per heavy atom. The molecule has 0 spiro atoms. The van der Waals surface area contributed by atoms with Crippen molar-refractivity contribution in [2.45, 2.75) is 37.3 Å². The maximum absolute atomic E-state index is 10.8. The normalized spacial score (nSPS) is 40.8. The van der Waals surface area contributed by atoms with E-state index in [1.807, 2.05) is 12.1 Å². The second-order valence-corrected chi connectivity index (χ2v) is 5.79. The lowest BCUT2D eigenvalue weighted by Gasteiger charge is -2.70. The van der Waals surface area contributed by atoms with Crippen LogP contribution < -0.4 is 0 Å². The van der Waals surface area contributed by atoms with Crippen molar-refractivity contribution in [3.05, 3.63) is 34.2 Å². The highest BCUT2D eigenvalue weighted by Gasteiger charge is 2.68. The molecule has 4 nitrogen and oxygen atoms in total. The standard InChI is InChI=1S/C13H14N2O2/c1-13-6-11-12(13)10(15(11)14-17)4-7-2-3-8(16)5-9(7)13/h2-3,5,10-12,16H,4,6H2,1H3. The molecule has 4 heteroatoms. The molecule has 1 saturated heterocycles. The Balaban J connectivity index is 1.85.